The zero-order valence-electron chi connectivity index (χ0n) is 10.9. The van der Waals surface area contributed by atoms with E-state index in [1.165, 1.54) is 37.4 Å². The van der Waals surface area contributed by atoms with Crippen molar-refractivity contribution in [2.75, 3.05) is 0 Å². The first-order valence-electron chi connectivity index (χ1n) is 6.89. The van der Waals surface area contributed by atoms with Crippen molar-refractivity contribution in [2.45, 2.75) is 47.8 Å². The van der Waals surface area contributed by atoms with Gasteiger partial charge in [-0.25, -0.2) is 4.98 Å². The smallest absolute Gasteiger partial charge is 0.197 e. The van der Waals surface area contributed by atoms with Gasteiger partial charge in [-0.1, -0.05) is 0 Å². The lowest BCUT2D eigenvalue weighted by Gasteiger charge is -2.08. The molecule has 2 aliphatic rings. The van der Waals surface area contributed by atoms with Crippen LogP contribution in [0.2, 0.25) is 0 Å². The summed E-state index contributed by atoms with van der Waals surface area (Å²) in [5, 5.41) is 10.3. The number of rotatable bonds is 5. The maximum Gasteiger partial charge on any atom is 0.197 e. The summed E-state index contributed by atoms with van der Waals surface area (Å²) >= 11 is 1.45. The number of hydrogen-bond donors (Lipinski definition) is 0. The summed E-state index contributed by atoms with van der Waals surface area (Å²) in [5.41, 5.74) is 0.607. The highest BCUT2D eigenvalue weighted by molar-refractivity contribution is 7.99. The minimum atomic E-state index is 0.548. The van der Waals surface area contributed by atoms with Crippen LogP contribution < -0.4 is 0 Å². The normalized spacial score (nSPS) is 18.2. The Balaban J connectivity index is 1.70. The minimum absolute atomic E-state index is 0.548. The fourth-order valence-corrected chi connectivity index (χ4v) is 3.26. The fraction of sp³-hybridized carbons (Fsp3) is 0.429. The monoisotopic (exact) mass is 286 g/mol. The van der Waals surface area contributed by atoms with Gasteiger partial charge in [-0.2, -0.15) is 0 Å². The predicted molar refractivity (Wildman–Crippen MR) is 74.0 cm³/mol. The third-order valence-corrected chi connectivity index (χ3v) is 4.66. The molecule has 2 heterocycles. The molecule has 0 N–H and O–H groups in total. The van der Waals surface area contributed by atoms with Crippen LogP contribution in [-0.2, 0) is 0 Å². The largest absolute Gasteiger partial charge is 0.302 e. The summed E-state index contributed by atoms with van der Waals surface area (Å²) in [5.74, 6) is 1.71. The van der Waals surface area contributed by atoms with Crippen LogP contribution in [0.5, 0.6) is 0 Å². The molecule has 4 rings (SSSR count). The first-order chi connectivity index (χ1) is 9.86. The molecule has 0 atom stereocenters. The van der Waals surface area contributed by atoms with Gasteiger partial charge in [0.2, 0.25) is 0 Å². The number of aromatic nitrogens is 4. The van der Waals surface area contributed by atoms with E-state index in [1.54, 1.807) is 18.3 Å². The van der Waals surface area contributed by atoms with Crippen LogP contribution in [-0.4, -0.2) is 26.0 Å². The molecule has 0 bridgehead atoms. The maximum absolute atomic E-state index is 11.1. The minimum Gasteiger partial charge on any atom is -0.302 e. The second-order valence-electron chi connectivity index (χ2n) is 5.33. The third kappa shape index (κ3) is 2.14. The Labute approximate surface area is 120 Å². The lowest BCUT2D eigenvalue weighted by molar-refractivity contribution is 0.112. The molecule has 20 heavy (non-hydrogen) atoms. The number of carbonyl (C=O) groups excluding carboxylic acids is 1. The molecule has 0 amide bonds. The Kier molecular flexibility index (Phi) is 2.84. The highest BCUT2D eigenvalue weighted by Gasteiger charge is 2.36. The fourth-order valence-electron chi connectivity index (χ4n) is 2.32. The van der Waals surface area contributed by atoms with E-state index in [1.807, 2.05) is 0 Å². The van der Waals surface area contributed by atoms with Gasteiger partial charge in [0.25, 0.3) is 0 Å². The van der Waals surface area contributed by atoms with E-state index in [0.717, 1.165) is 17.3 Å². The van der Waals surface area contributed by atoms with Gasteiger partial charge in [-0.05, 0) is 49.6 Å². The Bertz CT molecular complexity index is 661. The molecule has 0 radical (unpaired) electrons. The summed E-state index contributed by atoms with van der Waals surface area (Å²) in [7, 11) is 0. The molecule has 2 aromatic rings. The van der Waals surface area contributed by atoms with Gasteiger partial charge in [-0.15, -0.1) is 10.2 Å². The molecule has 2 aliphatic carbocycles. The summed E-state index contributed by atoms with van der Waals surface area (Å²) < 4.78 is 2.27. The van der Waals surface area contributed by atoms with E-state index in [4.69, 9.17) is 0 Å². The Morgan fingerprint density at radius 1 is 1.25 bits per heavy atom. The van der Waals surface area contributed by atoms with Crippen molar-refractivity contribution in [3.05, 3.63) is 29.7 Å². The van der Waals surface area contributed by atoms with Crippen LogP contribution in [0.15, 0.2) is 28.5 Å². The molecular formula is C14H14N4OS. The molecule has 0 saturated heterocycles. The number of aldehydes is 1. The number of nitrogens with zero attached hydrogens (tertiary/aromatic N) is 4. The van der Waals surface area contributed by atoms with Crippen LogP contribution in [0.1, 0.15) is 53.8 Å². The van der Waals surface area contributed by atoms with Gasteiger partial charge in [0.15, 0.2) is 11.4 Å². The number of carbonyl (C=O) groups is 1. The summed E-state index contributed by atoms with van der Waals surface area (Å²) in [6, 6.07) is 4.10. The van der Waals surface area contributed by atoms with Crippen molar-refractivity contribution in [2.24, 2.45) is 0 Å². The molecule has 5 nitrogen and oxygen atoms in total. The molecule has 0 aliphatic heterocycles. The average Bonchev–Trinajstić information content (AvgIpc) is 3.39. The first kappa shape index (κ1) is 12.1. The maximum atomic E-state index is 11.1. The quantitative estimate of drug-likeness (QED) is 0.791. The number of pyridine rings is 1. The van der Waals surface area contributed by atoms with Crippen LogP contribution in [0.3, 0.4) is 0 Å². The van der Waals surface area contributed by atoms with E-state index in [0.29, 0.717) is 22.5 Å². The highest BCUT2D eigenvalue weighted by Crippen LogP contribution is 2.46. The molecule has 2 saturated carbocycles. The van der Waals surface area contributed by atoms with E-state index in [9.17, 15) is 4.79 Å². The zero-order chi connectivity index (χ0) is 13.5. The highest BCUT2D eigenvalue weighted by atomic mass is 32.2. The summed E-state index contributed by atoms with van der Waals surface area (Å²) in [6.07, 6.45) is 7.39. The van der Waals surface area contributed by atoms with Gasteiger partial charge >= 0.3 is 0 Å². The molecule has 6 heteroatoms. The SMILES string of the molecule is O=Cc1cccnc1Sc1nnc(C2CC2)n1C1CC1. The molecule has 2 aromatic heterocycles. The van der Waals surface area contributed by atoms with Gasteiger partial charge in [0.05, 0.1) is 0 Å². The Morgan fingerprint density at radius 3 is 2.80 bits per heavy atom. The van der Waals surface area contributed by atoms with Crippen molar-refractivity contribution in [3.8, 4) is 0 Å². The molecule has 0 aromatic carbocycles. The molecule has 2 fully saturated rings. The lowest BCUT2D eigenvalue weighted by atomic mass is 10.3. The number of hydrogen-bond acceptors (Lipinski definition) is 5. The molecule has 0 unspecified atom stereocenters. The van der Waals surface area contributed by atoms with Crippen LogP contribution in [0, 0.1) is 0 Å². The van der Waals surface area contributed by atoms with E-state index >= 15 is 0 Å². The molecular weight excluding hydrogens is 272 g/mol. The second-order valence-corrected chi connectivity index (χ2v) is 6.29. The van der Waals surface area contributed by atoms with Crippen LogP contribution >= 0.6 is 11.8 Å². The first-order valence-corrected chi connectivity index (χ1v) is 7.71. The van der Waals surface area contributed by atoms with Gasteiger partial charge in [0, 0.05) is 23.7 Å². The van der Waals surface area contributed by atoms with Crippen molar-refractivity contribution in [3.63, 3.8) is 0 Å². The van der Waals surface area contributed by atoms with E-state index < -0.39 is 0 Å². The van der Waals surface area contributed by atoms with E-state index in [-0.39, 0.29) is 0 Å². The summed E-state index contributed by atoms with van der Waals surface area (Å²) in [4.78, 5) is 15.4. The topological polar surface area (TPSA) is 60.7 Å². The average molecular weight is 286 g/mol. The van der Waals surface area contributed by atoms with Crippen molar-refractivity contribution >= 4 is 18.0 Å². The molecule has 102 valence electrons. The van der Waals surface area contributed by atoms with Gasteiger partial charge in [0.1, 0.15) is 10.9 Å². The van der Waals surface area contributed by atoms with E-state index in [2.05, 4.69) is 19.7 Å². The summed E-state index contributed by atoms with van der Waals surface area (Å²) in [6.45, 7) is 0. The molecule has 0 spiro atoms. The van der Waals surface area contributed by atoms with Gasteiger partial charge < -0.3 is 4.57 Å². The second kappa shape index (κ2) is 4.70. The van der Waals surface area contributed by atoms with Crippen molar-refractivity contribution < 1.29 is 4.79 Å². The standard InChI is InChI=1S/C14H14N4OS/c19-8-10-2-1-7-15-13(10)20-14-17-16-12(9-3-4-9)18(14)11-5-6-11/h1-2,7-9,11H,3-6H2. The lowest BCUT2D eigenvalue weighted by Crippen LogP contribution is -2.02. The van der Waals surface area contributed by atoms with Gasteiger partial charge in [-0.3, -0.25) is 4.79 Å². The van der Waals surface area contributed by atoms with Crippen molar-refractivity contribution in [1.82, 2.24) is 19.7 Å². The predicted octanol–water partition coefficient (Wildman–Crippen LogP) is 2.85. The Morgan fingerprint density at radius 2 is 2.10 bits per heavy atom. The van der Waals surface area contributed by atoms with Crippen LogP contribution in [0.4, 0.5) is 0 Å². The van der Waals surface area contributed by atoms with Crippen molar-refractivity contribution in [1.29, 1.82) is 0 Å². The Hall–Kier alpha value is -1.69. The van der Waals surface area contributed by atoms with Crippen LogP contribution in [0.25, 0.3) is 0 Å². The zero-order valence-corrected chi connectivity index (χ0v) is 11.7. The third-order valence-electron chi connectivity index (χ3n) is 3.66.